The van der Waals surface area contributed by atoms with Crippen molar-refractivity contribution < 1.29 is 19.1 Å². The van der Waals surface area contributed by atoms with Crippen LogP contribution < -0.4 is 0 Å². The van der Waals surface area contributed by atoms with Gasteiger partial charge >= 0.3 is 11.9 Å². The number of carbonyl (C=O) groups excluding carboxylic acids is 2. The zero-order valence-electron chi connectivity index (χ0n) is 11.2. The third kappa shape index (κ3) is 7.03. The van der Waals surface area contributed by atoms with E-state index in [-0.39, 0.29) is 0 Å². The molecule has 0 aromatic heterocycles. The first-order valence-electron chi connectivity index (χ1n) is 6.13. The van der Waals surface area contributed by atoms with Gasteiger partial charge in [0.1, 0.15) is 0 Å². The van der Waals surface area contributed by atoms with Crippen molar-refractivity contribution in [3.05, 3.63) is 48.0 Å². The molecule has 0 saturated heterocycles. The van der Waals surface area contributed by atoms with Gasteiger partial charge in [0.2, 0.25) is 0 Å². The minimum Gasteiger partial charge on any atom is -0.421 e. The second kappa shape index (κ2) is 8.08. The Kier molecular flexibility index (Phi) is 6.36. The lowest BCUT2D eigenvalue weighted by Gasteiger charge is -2.12. The third-order valence-electron chi connectivity index (χ3n) is 2.30. The summed E-state index contributed by atoms with van der Waals surface area (Å²) in [5, 5.41) is 0. The molecule has 1 aromatic rings. The van der Waals surface area contributed by atoms with Crippen LogP contribution in [0.5, 0.6) is 0 Å². The highest BCUT2D eigenvalue weighted by atomic mass is 16.7. The summed E-state index contributed by atoms with van der Waals surface area (Å²) >= 11 is 0. The molecule has 4 nitrogen and oxygen atoms in total. The van der Waals surface area contributed by atoms with Crippen molar-refractivity contribution in [1.82, 2.24) is 0 Å². The second-order valence-corrected chi connectivity index (χ2v) is 4.04. The summed E-state index contributed by atoms with van der Waals surface area (Å²) in [7, 11) is 0. The van der Waals surface area contributed by atoms with E-state index in [9.17, 15) is 9.59 Å². The van der Waals surface area contributed by atoms with Crippen molar-refractivity contribution in [3.63, 3.8) is 0 Å². The first-order chi connectivity index (χ1) is 9.08. The molecular weight excluding hydrogens is 244 g/mol. The molecule has 0 aliphatic rings. The molecule has 0 fully saturated rings. The predicted molar refractivity (Wildman–Crippen MR) is 71.2 cm³/mol. The van der Waals surface area contributed by atoms with E-state index >= 15 is 0 Å². The van der Waals surface area contributed by atoms with Crippen LogP contribution in [-0.4, -0.2) is 18.2 Å². The minimum absolute atomic E-state index is 0.487. The summed E-state index contributed by atoms with van der Waals surface area (Å²) in [6.07, 6.45) is 4.13. The molecule has 0 atom stereocenters. The molecule has 102 valence electrons. The number of ether oxygens (including phenoxy) is 2. The number of rotatable bonds is 6. The molecule has 0 aliphatic heterocycles. The van der Waals surface area contributed by atoms with Gasteiger partial charge in [-0.25, -0.2) is 0 Å². The van der Waals surface area contributed by atoms with E-state index in [0.717, 1.165) is 12.8 Å². The van der Waals surface area contributed by atoms with Gasteiger partial charge in [-0.1, -0.05) is 36.4 Å². The first-order valence-corrected chi connectivity index (χ1v) is 6.13. The quantitative estimate of drug-likeness (QED) is 0.449. The largest absolute Gasteiger partial charge is 0.421 e. The van der Waals surface area contributed by atoms with Gasteiger partial charge in [-0.05, 0) is 24.5 Å². The molecule has 0 unspecified atom stereocenters. The topological polar surface area (TPSA) is 52.6 Å². The zero-order valence-corrected chi connectivity index (χ0v) is 11.2. The summed E-state index contributed by atoms with van der Waals surface area (Å²) in [6, 6.07) is 10.0. The van der Waals surface area contributed by atoms with Crippen molar-refractivity contribution in [2.45, 2.75) is 33.0 Å². The van der Waals surface area contributed by atoms with Gasteiger partial charge < -0.3 is 9.47 Å². The van der Waals surface area contributed by atoms with Crippen LogP contribution in [0.15, 0.2) is 42.5 Å². The minimum atomic E-state index is -0.939. The fourth-order valence-electron chi connectivity index (χ4n) is 1.53. The average Bonchev–Trinajstić information content (AvgIpc) is 2.34. The molecule has 0 spiro atoms. The molecule has 4 heteroatoms. The highest BCUT2D eigenvalue weighted by Gasteiger charge is 2.10. The van der Waals surface area contributed by atoms with Crippen LogP contribution in [0.3, 0.4) is 0 Å². The highest BCUT2D eigenvalue weighted by molar-refractivity contribution is 5.68. The van der Waals surface area contributed by atoms with Crippen molar-refractivity contribution in [3.8, 4) is 0 Å². The zero-order chi connectivity index (χ0) is 14.1. The Hall–Kier alpha value is -2.10. The Labute approximate surface area is 113 Å². The fourth-order valence-corrected chi connectivity index (χ4v) is 1.53. The van der Waals surface area contributed by atoms with Crippen LogP contribution in [-0.2, 0) is 25.5 Å². The van der Waals surface area contributed by atoms with E-state index in [1.807, 2.05) is 36.4 Å². The van der Waals surface area contributed by atoms with Gasteiger partial charge in [0.25, 0.3) is 6.29 Å². The summed E-state index contributed by atoms with van der Waals surface area (Å²) in [4.78, 5) is 21.7. The Morgan fingerprint density at radius 1 is 1.11 bits per heavy atom. The number of allylic oxidation sites excluding steroid dienone is 1. The SMILES string of the molecule is CC(=O)OC(/C=C\CCc1ccccc1)OC(C)=O. The van der Waals surface area contributed by atoms with Gasteiger partial charge in [0.05, 0.1) is 0 Å². The maximum absolute atomic E-state index is 10.8. The lowest BCUT2D eigenvalue weighted by Crippen LogP contribution is -2.20. The maximum Gasteiger partial charge on any atom is 0.305 e. The lowest BCUT2D eigenvalue weighted by atomic mass is 10.1. The summed E-state index contributed by atoms with van der Waals surface area (Å²) in [5.41, 5.74) is 1.23. The smallest absolute Gasteiger partial charge is 0.305 e. The van der Waals surface area contributed by atoms with Crippen LogP contribution in [0.4, 0.5) is 0 Å². The Morgan fingerprint density at radius 2 is 1.68 bits per heavy atom. The van der Waals surface area contributed by atoms with Gasteiger partial charge in [0, 0.05) is 13.8 Å². The van der Waals surface area contributed by atoms with E-state index in [1.165, 1.54) is 19.4 Å². The van der Waals surface area contributed by atoms with Crippen LogP contribution >= 0.6 is 0 Å². The fraction of sp³-hybridized carbons (Fsp3) is 0.333. The monoisotopic (exact) mass is 262 g/mol. The maximum atomic E-state index is 10.8. The van der Waals surface area contributed by atoms with Crippen LogP contribution in [0.1, 0.15) is 25.8 Å². The first kappa shape index (κ1) is 15.0. The van der Waals surface area contributed by atoms with E-state index in [0.29, 0.717) is 0 Å². The van der Waals surface area contributed by atoms with Crippen LogP contribution in [0.25, 0.3) is 0 Å². The third-order valence-corrected chi connectivity index (χ3v) is 2.30. The number of hydrogen-bond acceptors (Lipinski definition) is 4. The normalized spacial score (nSPS) is 10.7. The summed E-state index contributed by atoms with van der Waals surface area (Å²) in [6.45, 7) is 2.54. The molecular formula is C15H18O4. The molecule has 0 aliphatic carbocycles. The van der Waals surface area contributed by atoms with Crippen LogP contribution in [0, 0.1) is 0 Å². The number of benzene rings is 1. The predicted octanol–water partition coefficient (Wildman–Crippen LogP) is 2.63. The highest BCUT2D eigenvalue weighted by Crippen LogP contribution is 2.05. The number of carbonyl (C=O) groups is 2. The van der Waals surface area contributed by atoms with Gasteiger partial charge in [-0.15, -0.1) is 0 Å². The van der Waals surface area contributed by atoms with Crippen molar-refractivity contribution in [2.75, 3.05) is 0 Å². The number of hydrogen-bond donors (Lipinski definition) is 0. The Balaban J connectivity index is 2.42. The van der Waals surface area contributed by atoms with E-state index < -0.39 is 18.2 Å². The standard InChI is InChI=1S/C15H18O4/c1-12(16)18-15(19-13(2)17)11-7-6-10-14-8-4-3-5-9-14/h3-5,7-9,11,15H,6,10H2,1-2H3/b11-7-. The van der Waals surface area contributed by atoms with Crippen LogP contribution in [0.2, 0.25) is 0 Å². The van der Waals surface area contributed by atoms with E-state index in [4.69, 9.17) is 9.47 Å². The molecule has 0 bridgehead atoms. The molecule has 19 heavy (non-hydrogen) atoms. The van der Waals surface area contributed by atoms with Crippen molar-refractivity contribution in [1.29, 1.82) is 0 Å². The molecule has 0 saturated carbocycles. The second-order valence-electron chi connectivity index (χ2n) is 4.04. The lowest BCUT2D eigenvalue weighted by molar-refractivity contribution is -0.176. The number of esters is 2. The molecule has 1 aromatic carbocycles. The number of aryl methyl sites for hydroxylation is 1. The van der Waals surface area contributed by atoms with Crippen molar-refractivity contribution in [2.24, 2.45) is 0 Å². The van der Waals surface area contributed by atoms with E-state index in [1.54, 1.807) is 6.08 Å². The van der Waals surface area contributed by atoms with Crippen molar-refractivity contribution >= 4 is 11.9 Å². The van der Waals surface area contributed by atoms with Gasteiger partial charge in [0.15, 0.2) is 0 Å². The average molecular weight is 262 g/mol. The molecule has 0 amide bonds. The molecule has 0 radical (unpaired) electrons. The Bertz CT molecular complexity index is 421. The Morgan fingerprint density at radius 3 is 2.21 bits per heavy atom. The molecule has 1 rings (SSSR count). The summed E-state index contributed by atoms with van der Waals surface area (Å²) in [5.74, 6) is -0.974. The van der Waals surface area contributed by atoms with E-state index in [2.05, 4.69) is 0 Å². The van der Waals surface area contributed by atoms with Gasteiger partial charge in [-0.3, -0.25) is 9.59 Å². The summed E-state index contributed by atoms with van der Waals surface area (Å²) < 4.78 is 9.69. The molecule has 0 heterocycles. The van der Waals surface area contributed by atoms with Gasteiger partial charge in [-0.2, -0.15) is 0 Å². The molecule has 0 N–H and O–H groups in total.